The number of carbonyl (C=O) groups is 1. The normalized spacial score (nSPS) is 25.5. The Labute approximate surface area is 128 Å². The van der Waals surface area contributed by atoms with Crippen LogP contribution in [-0.4, -0.2) is 62.4 Å². The van der Waals surface area contributed by atoms with Crippen molar-refractivity contribution in [3.63, 3.8) is 0 Å². The molecule has 5 nitrogen and oxygen atoms in total. The Morgan fingerprint density at radius 1 is 1.24 bits per heavy atom. The molecule has 0 aromatic rings. The number of hydrogen-bond acceptors (Lipinski definition) is 4. The highest BCUT2D eigenvalue weighted by Crippen LogP contribution is 2.14. The van der Waals surface area contributed by atoms with Gasteiger partial charge in [0, 0.05) is 32.4 Å². The van der Waals surface area contributed by atoms with E-state index in [4.69, 9.17) is 9.47 Å². The van der Waals surface area contributed by atoms with Gasteiger partial charge in [0.25, 0.3) is 0 Å². The highest BCUT2D eigenvalue weighted by atomic mass is 16.5. The maximum atomic E-state index is 12.1. The van der Waals surface area contributed by atoms with E-state index in [0.717, 1.165) is 71.4 Å². The molecule has 1 atom stereocenters. The quantitative estimate of drug-likeness (QED) is 0.808. The molecular formula is C16H30N2O3. The van der Waals surface area contributed by atoms with Crippen LogP contribution in [0.4, 0.5) is 0 Å². The summed E-state index contributed by atoms with van der Waals surface area (Å²) < 4.78 is 11.2. The van der Waals surface area contributed by atoms with Gasteiger partial charge in [0.05, 0.1) is 12.6 Å². The summed E-state index contributed by atoms with van der Waals surface area (Å²) in [6.07, 6.45) is 6.64. The second-order valence-electron chi connectivity index (χ2n) is 6.15. The van der Waals surface area contributed by atoms with E-state index in [-0.39, 0.29) is 5.91 Å². The molecule has 2 rings (SSSR count). The van der Waals surface area contributed by atoms with Crippen molar-refractivity contribution in [1.29, 1.82) is 0 Å². The predicted octanol–water partition coefficient (Wildman–Crippen LogP) is 1.56. The third kappa shape index (κ3) is 6.32. The number of nitrogens with one attached hydrogen (secondary N) is 1. The van der Waals surface area contributed by atoms with Crippen LogP contribution in [-0.2, 0) is 14.3 Å². The van der Waals surface area contributed by atoms with Crippen LogP contribution < -0.4 is 5.32 Å². The summed E-state index contributed by atoms with van der Waals surface area (Å²) in [5.74, 6) is 0.162. The lowest BCUT2D eigenvalue weighted by Gasteiger charge is -2.25. The summed E-state index contributed by atoms with van der Waals surface area (Å²) in [7, 11) is 0. The van der Waals surface area contributed by atoms with E-state index in [1.54, 1.807) is 0 Å². The minimum Gasteiger partial charge on any atom is -0.381 e. The molecule has 0 bridgehead atoms. The molecule has 0 aromatic carbocycles. The van der Waals surface area contributed by atoms with Gasteiger partial charge in [0.15, 0.2) is 0 Å². The Bertz CT molecular complexity index is 306. The molecule has 2 aliphatic heterocycles. The summed E-state index contributed by atoms with van der Waals surface area (Å²) in [5.41, 5.74) is 0. The number of rotatable bonds is 6. The Balaban J connectivity index is 1.66. The van der Waals surface area contributed by atoms with E-state index < -0.39 is 0 Å². The van der Waals surface area contributed by atoms with E-state index in [0.29, 0.717) is 18.7 Å². The summed E-state index contributed by atoms with van der Waals surface area (Å²) in [5, 5.41) is 3.14. The average molecular weight is 298 g/mol. The first-order chi connectivity index (χ1) is 10.3. The van der Waals surface area contributed by atoms with Crippen molar-refractivity contribution in [1.82, 2.24) is 10.2 Å². The zero-order valence-corrected chi connectivity index (χ0v) is 13.3. The SMILES string of the molecule is CCCOC1CCCN(CC(=O)NC2CCOCC2)CC1. The fourth-order valence-electron chi connectivity index (χ4n) is 3.05. The molecule has 1 unspecified atom stereocenters. The number of nitrogens with zero attached hydrogens (tertiary/aromatic N) is 1. The second kappa shape index (κ2) is 9.38. The van der Waals surface area contributed by atoms with Gasteiger partial charge < -0.3 is 14.8 Å². The van der Waals surface area contributed by atoms with Gasteiger partial charge in [-0.15, -0.1) is 0 Å². The van der Waals surface area contributed by atoms with Crippen molar-refractivity contribution in [3.8, 4) is 0 Å². The van der Waals surface area contributed by atoms with Crippen molar-refractivity contribution < 1.29 is 14.3 Å². The smallest absolute Gasteiger partial charge is 0.234 e. The fourth-order valence-corrected chi connectivity index (χ4v) is 3.05. The van der Waals surface area contributed by atoms with Crippen LogP contribution in [0, 0.1) is 0 Å². The highest BCUT2D eigenvalue weighted by molar-refractivity contribution is 5.78. The molecule has 0 saturated carbocycles. The molecule has 1 amide bonds. The largest absolute Gasteiger partial charge is 0.381 e. The molecule has 21 heavy (non-hydrogen) atoms. The molecule has 122 valence electrons. The molecule has 5 heteroatoms. The lowest BCUT2D eigenvalue weighted by molar-refractivity contribution is -0.123. The van der Waals surface area contributed by atoms with Gasteiger partial charge in [-0.1, -0.05) is 6.92 Å². The van der Waals surface area contributed by atoms with Gasteiger partial charge in [-0.05, 0) is 45.1 Å². The summed E-state index contributed by atoms with van der Waals surface area (Å²) >= 11 is 0. The summed E-state index contributed by atoms with van der Waals surface area (Å²) in [6.45, 7) is 7.04. The van der Waals surface area contributed by atoms with Gasteiger partial charge in [0.2, 0.25) is 5.91 Å². The number of likely N-dealkylation sites (tertiary alicyclic amines) is 1. The number of amides is 1. The Morgan fingerprint density at radius 3 is 2.81 bits per heavy atom. The van der Waals surface area contributed by atoms with Gasteiger partial charge in [-0.25, -0.2) is 0 Å². The van der Waals surface area contributed by atoms with E-state index in [1.807, 2.05) is 0 Å². The Kier molecular flexibility index (Phi) is 7.47. The third-order valence-electron chi connectivity index (χ3n) is 4.28. The zero-order valence-electron chi connectivity index (χ0n) is 13.3. The van der Waals surface area contributed by atoms with Crippen molar-refractivity contribution in [3.05, 3.63) is 0 Å². The Hall–Kier alpha value is -0.650. The van der Waals surface area contributed by atoms with Gasteiger partial charge in [0.1, 0.15) is 0 Å². The molecule has 0 aliphatic carbocycles. The third-order valence-corrected chi connectivity index (χ3v) is 4.28. The average Bonchev–Trinajstić information content (AvgIpc) is 2.71. The van der Waals surface area contributed by atoms with E-state index in [1.165, 1.54) is 0 Å². The summed E-state index contributed by atoms with van der Waals surface area (Å²) in [4.78, 5) is 14.4. The predicted molar refractivity (Wildman–Crippen MR) is 82.3 cm³/mol. The van der Waals surface area contributed by atoms with E-state index in [9.17, 15) is 4.79 Å². The Morgan fingerprint density at radius 2 is 2.05 bits per heavy atom. The lowest BCUT2D eigenvalue weighted by atomic mass is 10.1. The van der Waals surface area contributed by atoms with Crippen LogP contribution in [0.1, 0.15) is 45.4 Å². The minimum atomic E-state index is 0.162. The number of hydrogen-bond donors (Lipinski definition) is 1. The first-order valence-corrected chi connectivity index (χ1v) is 8.49. The fraction of sp³-hybridized carbons (Fsp3) is 0.938. The number of carbonyl (C=O) groups excluding carboxylic acids is 1. The monoisotopic (exact) mass is 298 g/mol. The van der Waals surface area contributed by atoms with Crippen LogP contribution in [0.2, 0.25) is 0 Å². The molecule has 2 heterocycles. The molecule has 0 spiro atoms. The van der Waals surface area contributed by atoms with Crippen LogP contribution in [0.25, 0.3) is 0 Å². The molecule has 1 N–H and O–H groups in total. The molecule has 2 aliphatic rings. The molecule has 2 fully saturated rings. The first kappa shape index (κ1) is 16.7. The molecular weight excluding hydrogens is 268 g/mol. The second-order valence-corrected chi connectivity index (χ2v) is 6.15. The maximum absolute atomic E-state index is 12.1. The highest BCUT2D eigenvalue weighted by Gasteiger charge is 2.21. The van der Waals surface area contributed by atoms with Crippen LogP contribution in [0.3, 0.4) is 0 Å². The zero-order chi connectivity index (χ0) is 14.9. The number of ether oxygens (including phenoxy) is 2. The summed E-state index contributed by atoms with van der Waals surface area (Å²) in [6, 6.07) is 0.305. The van der Waals surface area contributed by atoms with Crippen LogP contribution in [0.5, 0.6) is 0 Å². The van der Waals surface area contributed by atoms with Crippen molar-refractivity contribution in [2.75, 3.05) is 39.5 Å². The van der Waals surface area contributed by atoms with Crippen molar-refractivity contribution in [2.45, 2.75) is 57.6 Å². The topological polar surface area (TPSA) is 50.8 Å². The molecule has 0 aromatic heterocycles. The first-order valence-electron chi connectivity index (χ1n) is 8.49. The standard InChI is InChI=1S/C16H30N2O3/c1-2-10-21-15-4-3-8-18(9-5-15)13-16(19)17-14-6-11-20-12-7-14/h14-15H,2-13H2,1H3,(H,17,19). The maximum Gasteiger partial charge on any atom is 0.234 e. The van der Waals surface area contributed by atoms with Crippen LogP contribution in [0.15, 0.2) is 0 Å². The van der Waals surface area contributed by atoms with Gasteiger partial charge in [-0.2, -0.15) is 0 Å². The van der Waals surface area contributed by atoms with E-state index in [2.05, 4.69) is 17.1 Å². The minimum absolute atomic E-state index is 0.162. The molecule has 2 saturated heterocycles. The molecule has 0 radical (unpaired) electrons. The lowest BCUT2D eigenvalue weighted by Crippen LogP contribution is -2.44. The van der Waals surface area contributed by atoms with Crippen molar-refractivity contribution in [2.24, 2.45) is 0 Å². The van der Waals surface area contributed by atoms with Gasteiger partial charge in [-0.3, -0.25) is 9.69 Å². The van der Waals surface area contributed by atoms with Crippen molar-refractivity contribution >= 4 is 5.91 Å². The van der Waals surface area contributed by atoms with E-state index >= 15 is 0 Å². The van der Waals surface area contributed by atoms with Gasteiger partial charge >= 0.3 is 0 Å². The van der Waals surface area contributed by atoms with Crippen LogP contribution >= 0.6 is 0 Å².